The van der Waals surface area contributed by atoms with Crippen molar-refractivity contribution in [2.45, 2.75) is 86.5 Å². The van der Waals surface area contributed by atoms with E-state index in [-0.39, 0.29) is 0 Å². The van der Waals surface area contributed by atoms with E-state index in [2.05, 4.69) is 41.5 Å². The van der Waals surface area contributed by atoms with Gasteiger partial charge in [0.15, 0.2) is 0 Å². The molecule has 2 atom stereocenters. The van der Waals surface area contributed by atoms with Gasteiger partial charge in [-0.1, -0.05) is 67.2 Å². The molecule has 18 heavy (non-hydrogen) atoms. The Hall–Kier alpha value is 0. The molecule has 0 radical (unpaired) electrons. The summed E-state index contributed by atoms with van der Waals surface area (Å²) >= 11 is 0. The highest BCUT2D eigenvalue weighted by Gasteiger charge is 2.53. The standard InChI is InChI=1S/C18H34/c1-16(2,3)18(17(4,5)6)12-11-14-9-7-8-10-15(14)13-18/h14-15H,7-13H2,1-6H3. The molecule has 2 aliphatic carbocycles. The van der Waals surface area contributed by atoms with Gasteiger partial charge in [0.25, 0.3) is 0 Å². The van der Waals surface area contributed by atoms with Crippen LogP contribution in [0.1, 0.15) is 86.5 Å². The van der Waals surface area contributed by atoms with Gasteiger partial charge in [0.1, 0.15) is 0 Å². The Bertz CT molecular complexity index is 272. The van der Waals surface area contributed by atoms with E-state index in [9.17, 15) is 0 Å². The van der Waals surface area contributed by atoms with Crippen molar-refractivity contribution in [2.24, 2.45) is 28.1 Å². The predicted octanol–water partition coefficient (Wildman–Crippen LogP) is 6.06. The molecule has 0 saturated heterocycles. The van der Waals surface area contributed by atoms with Gasteiger partial charge >= 0.3 is 0 Å². The van der Waals surface area contributed by atoms with E-state index in [1.54, 1.807) is 0 Å². The monoisotopic (exact) mass is 250 g/mol. The van der Waals surface area contributed by atoms with Crippen LogP contribution in [0.15, 0.2) is 0 Å². The fraction of sp³-hybridized carbons (Fsp3) is 1.00. The van der Waals surface area contributed by atoms with Gasteiger partial charge < -0.3 is 0 Å². The van der Waals surface area contributed by atoms with Crippen molar-refractivity contribution < 1.29 is 0 Å². The van der Waals surface area contributed by atoms with Crippen LogP contribution in [-0.4, -0.2) is 0 Å². The fourth-order valence-electron chi connectivity index (χ4n) is 5.40. The zero-order valence-electron chi connectivity index (χ0n) is 13.6. The number of hydrogen-bond acceptors (Lipinski definition) is 0. The third-order valence-electron chi connectivity index (χ3n) is 6.49. The van der Waals surface area contributed by atoms with Crippen LogP contribution in [0.4, 0.5) is 0 Å². The molecule has 0 aliphatic heterocycles. The summed E-state index contributed by atoms with van der Waals surface area (Å²) in [5, 5.41) is 0. The Kier molecular flexibility index (Phi) is 3.63. The van der Waals surface area contributed by atoms with Crippen LogP contribution < -0.4 is 0 Å². The molecular formula is C18H34. The van der Waals surface area contributed by atoms with Gasteiger partial charge in [-0.05, 0) is 47.3 Å². The molecule has 2 rings (SSSR count). The molecule has 0 heterocycles. The predicted molar refractivity (Wildman–Crippen MR) is 80.6 cm³/mol. The first-order valence-corrected chi connectivity index (χ1v) is 8.17. The maximum Gasteiger partial charge on any atom is -0.0197 e. The molecule has 0 amide bonds. The highest BCUT2D eigenvalue weighted by Crippen LogP contribution is 2.63. The van der Waals surface area contributed by atoms with E-state index in [4.69, 9.17) is 0 Å². The normalized spacial score (nSPS) is 33.0. The van der Waals surface area contributed by atoms with E-state index in [1.807, 2.05) is 0 Å². The van der Waals surface area contributed by atoms with E-state index in [1.165, 1.54) is 44.9 Å². The second-order valence-electron chi connectivity index (χ2n) is 9.13. The molecule has 2 saturated carbocycles. The zero-order valence-corrected chi connectivity index (χ0v) is 13.6. The SMILES string of the molecule is CC(C)(C)C1(C(C)(C)C)CCC2CCCCC2C1. The van der Waals surface area contributed by atoms with E-state index in [0.717, 1.165) is 11.8 Å². The lowest BCUT2D eigenvalue weighted by Crippen LogP contribution is -2.51. The number of fused-ring (bicyclic) bond motifs is 1. The van der Waals surface area contributed by atoms with Crippen LogP contribution in [-0.2, 0) is 0 Å². The summed E-state index contributed by atoms with van der Waals surface area (Å²) in [5.74, 6) is 2.10. The van der Waals surface area contributed by atoms with Crippen LogP contribution >= 0.6 is 0 Å². The molecule has 106 valence electrons. The van der Waals surface area contributed by atoms with Crippen LogP contribution in [0.5, 0.6) is 0 Å². The minimum atomic E-state index is 0.438. The van der Waals surface area contributed by atoms with Crippen molar-refractivity contribution in [1.29, 1.82) is 0 Å². The van der Waals surface area contributed by atoms with Crippen molar-refractivity contribution in [1.82, 2.24) is 0 Å². The quantitative estimate of drug-likeness (QED) is 0.490. The Labute approximate surface area is 115 Å². The fourth-order valence-corrected chi connectivity index (χ4v) is 5.40. The van der Waals surface area contributed by atoms with Gasteiger partial charge in [-0.25, -0.2) is 0 Å². The topological polar surface area (TPSA) is 0 Å². The van der Waals surface area contributed by atoms with Crippen LogP contribution in [0.2, 0.25) is 0 Å². The summed E-state index contributed by atoms with van der Waals surface area (Å²) in [7, 11) is 0. The largest absolute Gasteiger partial charge is 0.0596 e. The maximum atomic E-state index is 2.49. The first kappa shape index (κ1) is 14.4. The first-order valence-electron chi connectivity index (χ1n) is 8.17. The third-order valence-corrected chi connectivity index (χ3v) is 6.49. The van der Waals surface area contributed by atoms with Gasteiger partial charge in [0.05, 0.1) is 0 Å². The minimum Gasteiger partial charge on any atom is -0.0596 e. The molecule has 0 nitrogen and oxygen atoms in total. The van der Waals surface area contributed by atoms with E-state index in [0.29, 0.717) is 16.2 Å². The molecule has 0 aromatic heterocycles. The third kappa shape index (κ3) is 2.25. The average molecular weight is 250 g/mol. The highest BCUT2D eigenvalue weighted by molar-refractivity contribution is 5.03. The average Bonchev–Trinajstić information content (AvgIpc) is 2.25. The zero-order chi connectivity index (χ0) is 13.6. The molecule has 0 heteroatoms. The molecule has 0 aromatic rings. The summed E-state index contributed by atoms with van der Waals surface area (Å²) in [5.41, 5.74) is 1.42. The van der Waals surface area contributed by atoms with Crippen molar-refractivity contribution in [3.8, 4) is 0 Å². The number of hydrogen-bond donors (Lipinski definition) is 0. The second-order valence-corrected chi connectivity index (χ2v) is 9.13. The Morgan fingerprint density at radius 2 is 1.22 bits per heavy atom. The van der Waals surface area contributed by atoms with E-state index >= 15 is 0 Å². The van der Waals surface area contributed by atoms with Gasteiger partial charge in [0, 0.05) is 0 Å². The van der Waals surface area contributed by atoms with E-state index < -0.39 is 0 Å². The smallest absolute Gasteiger partial charge is 0.0197 e. The summed E-state index contributed by atoms with van der Waals surface area (Å²) in [4.78, 5) is 0. The van der Waals surface area contributed by atoms with Gasteiger partial charge in [-0.15, -0.1) is 0 Å². The van der Waals surface area contributed by atoms with Crippen LogP contribution in [0, 0.1) is 28.1 Å². The number of rotatable bonds is 0. The maximum absolute atomic E-state index is 2.49. The Balaban J connectivity index is 2.27. The van der Waals surface area contributed by atoms with Gasteiger partial charge in [0.2, 0.25) is 0 Å². The molecule has 2 fully saturated rings. The molecule has 0 spiro atoms. The molecule has 2 unspecified atom stereocenters. The lowest BCUT2D eigenvalue weighted by molar-refractivity contribution is -0.101. The molecule has 0 N–H and O–H groups in total. The molecule has 0 bridgehead atoms. The van der Waals surface area contributed by atoms with Crippen molar-refractivity contribution >= 4 is 0 Å². The second kappa shape index (κ2) is 4.53. The van der Waals surface area contributed by atoms with Crippen molar-refractivity contribution in [3.63, 3.8) is 0 Å². The van der Waals surface area contributed by atoms with Crippen molar-refractivity contribution in [3.05, 3.63) is 0 Å². The van der Waals surface area contributed by atoms with Gasteiger partial charge in [-0.2, -0.15) is 0 Å². The van der Waals surface area contributed by atoms with Gasteiger partial charge in [-0.3, -0.25) is 0 Å². The van der Waals surface area contributed by atoms with Crippen LogP contribution in [0.25, 0.3) is 0 Å². The molecule has 2 aliphatic rings. The van der Waals surface area contributed by atoms with Crippen LogP contribution in [0.3, 0.4) is 0 Å². The lowest BCUT2D eigenvalue weighted by Gasteiger charge is -2.60. The molecule has 0 aromatic carbocycles. The summed E-state index contributed by atoms with van der Waals surface area (Å²) < 4.78 is 0. The summed E-state index contributed by atoms with van der Waals surface area (Å²) in [6.45, 7) is 14.9. The Morgan fingerprint density at radius 3 is 1.72 bits per heavy atom. The summed E-state index contributed by atoms with van der Waals surface area (Å²) in [6.07, 6.45) is 10.5. The van der Waals surface area contributed by atoms with Crippen molar-refractivity contribution in [2.75, 3.05) is 0 Å². The lowest BCUT2D eigenvalue weighted by atomic mass is 9.45. The summed E-state index contributed by atoms with van der Waals surface area (Å²) in [6, 6.07) is 0. The first-order chi connectivity index (χ1) is 8.17. The highest BCUT2D eigenvalue weighted by atomic mass is 14.6. The minimum absolute atomic E-state index is 0.438. The Morgan fingerprint density at radius 1 is 0.722 bits per heavy atom. The molecular weight excluding hydrogens is 216 g/mol.